The minimum Gasteiger partial charge on any atom is -0.313 e. The number of nitrogens with one attached hydrogen (secondary N) is 1. The summed E-state index contributed by atoms with van der Waals surface area (Å²) in [7, 11) is -1.80. The number of benzene rings is 1. The molecule has 0 spiro atoms. The first-order valence-corrected chi connectivity index (χ1v) is 7.75. The van der Waals surface area contributed by atoms with Gasteiger partial charge in [-0.15, -0.1) is 0 Å². The maximum atomic E-state index is 11.2. The van der Waals surface area contributed by atoms with E-state index in [9.17, 15) is 8.42 Å². The lowest BCUT2D eigenvalue weighted by atomic mass is 10.0. The number of sulfonamides is 1. The van der Waals surface area contributed by atoms with Crippen molar-refractivity contribution in [1.82, 2.24) is 10.3 Å². The van der Waals surface area contributed by atoms with Crippen molar-refractivity contribution in [3.63, 3.8) is 0 Å². The summed E-state index contributed by atoms with van der Waals surface area (Å²) in [5.74, 6) is 0. The van der Waals surface area contributed by atoms with E-state index in [-0.39, 0.29) is 10.9 Å². The summed E-state index contributed by atoms with van der Waals surface area (Å²) >= 11 is 0. The Bertz CT molecular complexity index is 655. The van der Waals surface area contributed by atoms with Crippen LogP contribution in [-0.2, 0) is 16.4 Å². The summed E-state index contributed by atoms with van der Waals surface area (Å²) in [6.07, 6.45) is 1.97. The fraction of sp³-hybridized carbons (Fsp3) is 0.214. The largest absolute Gasteiger partial charge is 0.313 e. The van der Waals surface area contributed by atoms with Gasteiger partial charge in [0.2, 0.25) is 10.0 Å². The van der Waals surface area contributed by atoms with Crippen molar-refractivity contribution in [2.45, 2.75) is 17.4 Å². The summed E-state index contributed by atoms with van der Waals surface area (Å²) in [6.45, 7) is 0. The third-order valence-corrected chi connectivity index (χ3v) is 3.99. The second-order valence-electron chi connectivity index (χ2n) is 4.49. The molecule has 0 aliphatic carbocycles. The van der Waals surface area contributed by atoms with Crippen LogP contribution in [-0.4, -0.2) is 20.4 Å². The lowest BCUT2D eigenvalue weighted by Gasteiger charge is -2.16. The van der Waals surface area contributed by atoms with Gasteiger partial charge in [-0.1, -0.05) is 30.3 Å². The van der Waals surface area contributed by atoms with E-state index in [1.807, 2.05) is 37.4 Å². The molecule has 0 radical (unpaired) electrons. The Balaban J connectivity index is 2.17. The minimum atomic E-state index is -3.68. The van der Waals surface area contributed by atoms with Crippen molar-refractivity contribution < 1.29 is 8.42 Å². The molecule has 20 heavy (non-hydrogen) atoms. The van der Waals surface area contributed by atoms with E-state index in [2.05, 4.69) is 10.3 Å². The fourth-order valence-electron chi connectivity index (χ4n) is 1.98. The van der Waals surface area contributed by atoms with Crippen LogP contribution < -0.4 is 10.5 Å². The SMILES string of the molecule is CNC(Cc1ccc(S(N)(=O)=O)cn1)c1ccccc1. The highest BCUT2D eigenvalue weighted by molar-refractivity contribution is 7.89. The molecule has 1 unspecified atom stereocenters. The van der Waals surface area contributed by atoms with Gasteiger partial charge < -0.3 is 5.32 Å². The van der Waals surface area contributed by atoms with E-state index < -0.39 is 10.0 Å². The normalized spacial score (nSPS) is 13.1. The van der Waals surface area contributed by atoms with Crippen molar-refractivity contribution >= 4 is 10.0 Å². The molecule has 2 rings (SSSR count). The Labute approximate surface area is 118 Å². The van der Waals surface area contributed by atoms with Gasteiger partial charge in [0.15, 0.2) is 0 Å². The molecule has 0 aliphatic rings. The Morgan fingerprint density at radius 2 is 1.90 bits per heavy atom. The number of likely N-dealkylation sites (N-methyl/N-ethyl adjacent to an activating group) is 1. The standard InChI is InChI=1S/C14H17N3O2S/c1-16-14(11-5-3-2-4-6-11)9-12-7-8-13(10-17-12)20(15,18)19/h2-8,10,14,16H,9H2,1H3,(H2,15,18,19). The molecule has 0 aliphatic heterocycles. The molecule has 0 bridgehead atoms. The smallest absolute Gasteiger partial charge is 0.239 e. The number of rotatable bonds is 5. The van der Waals surface area contributed by atoms with E-state index in [0.717, 1.165) is 11.3 Å². The molecular formula is C14H17N3O2S. The summed E-state index contributed by atoms with van der Waals surface area (Å²) < 4.78 is 22.3. The van der Waals surface area contributed by atoms with Gasteiger partial charge in [0.1, 0.15) is 4.90 Å². The minimum absolute atomic E-state index is 0.0296. The van der Waals surface area contributed by atoms with Gasteiger partial charge in [-0.25, -0.2) is 13.6 Å². The van der Waals surface area contributed by atoms with Crippen LogP contribution in [0.15, 0.2) is 53.6 Å². The Hall–Kier alpha value is -1.76. The average Bonchev–Trinajstić information content (AvgIpc) is 2.45. The molecule has 0 fully saturated rings. The Morgan fingerprint density at radius 1 is 1.20 bits per heavy atom. The number of hydrogen-bond acceptors (Lipinski definition) is 4. The molecule has 106 valence electrons. The van der Waals surface area contributed by atoms with Crippen molar-refractivity contribution in [3.8, 4) is 0 Å². The molecular weight excluding hydrogens is 274 g/mol. The summed E-state index contributed by atoms with van der Waals surface area (Å²) in [5, 5.41) is 8.27. The van der Waals surface area contributed by atoms with Gasteiger partial charge >= 0.3 is 0 Å². The van der Waals surface area contributed by atoms with E-state index in [1.165, 1.54) is 12.3 Å². The predicted molar refractivity (Wildman–Crippen MR) is 77.6 cm³/mol. The zero-order chi connectivity index (χ0) is 14.6. The quantitative estimate of drug-likeness (QED) is 0.867. The summed E-state index contributed by atoms with van der Waals surface area (Å²) in [6, 6.07) is 13.3. The van der Waals surface area contributed by atoms with Crippen LogP contribution in [0.2, 0.25) is 0 Å². The van der Waals surface area contributed by atoms with Gasteiger partial charge in [-0.3, -0.25) is 4.98 Å². The van der Waals surface area contributed by atoms with Crippen LogP contribution in [0.4, 0.5) is 0 Å². The maximum Gasteiger partial charge on any atom is 0.239 e. The maximum absolute atomic E-state index is 11.2. The zero-order valence-corrected chi connectivity index (χ0v) is 12.0. The number of primary sulfonamides is 1. The van der Waals surface area contributed by atoms with Crippen LogP contribution in [0.5, 0.6) is 0 Å². The molecule has 6 heteroatoms. The van der Waals surface area contributed by atoms with Crippen molar-refractivity contribution in [2.24, 2.45) is 5.14 Å². The Kier molecular flexibility index (Phi) is 4.49. The lowest BCUT2D eigenvalue weighted by Crippen LogP contribution is -2.19. The van der Waals surface area contributed by atoms with Gasteiger partial charge in [0, 0.05) is 24.4 Å². The number of nitrogens with zero attached hydrogens (tertiary/aromatic N) is 1. The summed E-state index contributed by atoms with van der Waals surface area (Å²) in [4.78, 5) is 4.19. The highest BCUT2D eigenvalue weighted by Crippen LogP contribution is 2.17. The van der Waals surface area contributed by atoms with Gasteiger partial charge in [0.05, 0.1) is 0 Å². The van der Waals surface area contributed by atoms with Gasteiger partial charge in [0.25, 0.3) is 0 Å². The summed E-state index contributed by atoms with van der Waals surface area (Å²) in [5.41, 5.74) is 1.97. The van der Waals surface area contributed by atoms with Crippen LogP contribution in [0.25, 0.3) is 0 Å². The molecule has 3 N–H and O–H groups in total. The van der Waals surface area contributed by atoms with Crippen LogP contribution in [0.3, 0.4) is 0 Å². The first-order chi connectivity index (χ1) is 9.50. The zero-order valence-electron chi connectivity index (χ0n) is 11.2. The molecule has 0 saturated heterocycles. The van der Waals surface area contributed by atoms with E-state index >= 15 is 0 Å². The third-order valence-electron chi connectivity index (χ3n) is 3.09. The average molecular weight is 291 g/mol. The van der Waals surface area contributed by atoms with Crippen molar-refractivity contribution in [2.75, 3.05) is 7.05 Å². The van der Waals surface area contributed by atoms with Crippen LogP contribution in [0, 0.1) is 0 Å². The second kappa shape index (κ2) is 6.13. The number of hydrogen-bond donors (Lipinski definition) is 2. The molecule has 1 heterocycles. The molecule has 2 aromatic rings. The third kappa shape index (κ3) is 3.63. The number of nitrogens with two attached hydrogens (primary N) is 1. The molecule has 5 nitrogen and oxygen atoms in total. The first-order valence-electron chi connectivity index (χ1n) is 6.20. The molecule has 1 aromatic heterocycles. The van der Waals surface area contributed by atoms with Crippen molar-refractivity contribution in [3.05, 3.63) is 59.9 Å². The lowest BCUT2D eigenvalue weighted by molar-refractivity contribution is 0.582. The van der Waals surface area contributed by atoms with E-state index in [1.54, 1.807) is 6.07 Å². The topological polar surface area (TPSA) is 85.1 Å². The van der Waals surface area contributed by atoms with Crippen LogP contribution >= 0.6 is 0 Å². The van der Waals surface area contributed by atoms with Crippen molar-refractivity contribution in [1.29, 1.82) is 0 Å². The van der Waals surface area contributed by atoms with Gasteiger partial charge in [-0.2, -0.15) is 0 Å². The monoisotopic (exact) mass is 291 g/mol. The van der Waals surface area contributed by atoms with E-state index in [0.29, 0.717) is 6.42 Å². The molecule has 0 amide bonds. The number of aromatic nitrogens is 1. The molecule has 1 atom stereocenters. The highest BCUT2D eigenvalue weighted by atomic mass is 32.2. The highest BCUT2D eigenvalue weighted by Gasteiger charge is 2.12. The van der Waals surface area contributed by atoms with Crippen LogP contribution in [0.1, 0.15) is 17.3 Å². The van der Waals surface area contributed by atoms with E-state index in [4.69, 9.17) is 5.14 Å². The fourth-order valence-corrected chi connectivity index (χ4v) is 2.44. The second-order valence-corrected chi connectivity index (χ2v) is 6.05. The van der Waals surface area contributed by atoms with Gasteiger partial charge in [-0.05, 0) is 24.7 Å². The predicted octanol–water partition coefficient (Wildman–Crippen LogP) is 1.23. The first kappa shape index (κ1) is 14.6. The molecule has 0 saturated carbocycles. The Morgan fingerprint density at radius 3 is 2.40 bits per heavy atom. The number of pyridine rings is 1. The molecule has 1 aromatic carbocycles.